The standard InChI is InChI=1S/C17H20N4O2/c1-11-10-18-7-8-21(11)17(22)14-4-2-3-13(9-14)15-19-16(23-20-15)12-5-6-12/h2-4,9,11-12,18H,5-8,10H2,1H3/t11-/m1/s1. The first-order chi connectivity index (χ1) is 11.2. The van der Waals surface area contributed by atoms with E-state index in [0.717, 1.165) is 38.0 Å². The van der Waals surface area contributed by atoms with E-state index < -0.39 is 0 Å². The Labute approximate surface area is 134 Å². The van der Waals surface area contributed by atoms with Gasteiger partial charge in [-0.3, -0.25) is 4.79 Å². The van der Waals surface area contributed by atoms with Gasteiger partial charge in [-0.15, -0.1) is 0 Å². The van der Waals surface area contributed by atoms with E-state index in [9.17, 15) is 4.79 Å². The minimum atomic E-state index is 0.0618. The number of hydrogen-bond acceptors (Lipinski definition) is 5. The van der Waals surface area contributed by atoms with Gasteiger partial charge in [0.05, 0.1) is 0 Å². The van der Waals surface area contributed by atoms with Crippen molar-refractivity contribution in [2.75, 3.05) is 19.6 Å². The molecule has 6 heteroatoms. The summed E-state index contributed by atoms with van der Waals surface area (Å²) in [6.45, 7) is 4.47. The number of rotatable bonds is 3. The maximum atomic E-state index is 12.8. The van der Waals surface area contributed by atoms with E-state index >= 15 is 0 Å². The molecule has 1 aromatic carbocycles. The predicted molar refractivity (Wildman–Crippen MR) is 85.1 cm³/mol. The van der Waals surface area contributed by atoms with Crippen LogP contribution >= 0.6 is 0 Å². The molecule has 2 fully saturated rings. The van der Waals surface area contributed by atoms with Crippen LogP contribution in [0.2, 0.25) is 0 Å². The van der Waals surface area contributed by atoms with Gasteiger partial charge in [0.2, 0.25) is 11.7 Å². The minimum absolute atomic E-state index is 0.0618. The van der Waals surface area contributed by atoms with Crippen LogP contribution in [0.1, 0.15) is 41.9 Å². The van der Waals surface area contributed by atoms with Crippen molar-refractivity contribution in [1.82, 2.24) is 20.4 Å². The van der Waals surface area contributed by atoms with Crippen molar-refractivity contribution in [1.29, 1.82) is 0 Å². The second kappa shape index (κ2) is 5.77. The van der Waals surface area contributed by atoms with Gasteiger partial charge in [-0.1, -0.05) is 17.3 Å². The first kappa shape index (κ1) is 14.4. The molecule has 2 aliphatic rings. The van der Waals surface area contributed by atoms with Crippen LogP contribution in [0.4, 0.5) is 0 Å². The number of carbonyl (C=O) groups excluding carboxylic acids is 1. The fraction of sp³-hybridized carbons (Fsp3) is 0.471. The Balaban J connectivity index is 1.58. The maximum absolute atomic E-state index is 12.8. The van der Waals surface area contributed by atoms with Gasteiger partial charge in [-0.05, 0) is 31.9 Å². The molecule has 1 saturated heterocycles. The summed E-state index contributed by atoms with van der Waals surface area (Å²) in [5, 5.41) is 7.36. The number of benzene rings is 1. The first-order valence-corrected chi connectivity index (χ1v) is 8.18. The molecule has 120 valence electrons. The fourth-order valence-corrected chi connectivity index (χ4v) is 2.95. The smallest absolute Gasteiger partial charge is 0.254 e. The molecule has 2 aromatic rings. The molecule has 1 saturated carbocycles. The third-order valence-corrected chi connectivity index (χ3v) is 4.50. The van der Waals surface area contributed by atoms with Crippen LogP contribution in [0.15, 0.2) is 28.8 Å². The Kier molecular flexibility index (Phi) is 3.61. The molecule has 2 heterocycles. The molecule has 0 bridgehead atoms. The van der Waals surface area contributed by atoms with E-state index in [1.165, 1.54) is 0 Å². The van der Waals surface area contributed by atoms with Crippen molar-refractivity contribution in [2.24, 2.45) is 0 Å². The SMILES string of the molecule is C[C@@H]1CNCCN1C(=O)c1cccc(-c2noc(C3CC3)n2)c1. The summed E-state index contributed by atoms with van der Waals surface area (Å²) in [6, 6.07) is 7.70. The molecule has 1 aromatic heterocycles. The average molecular weight is 312 g/mol. The highest BCUT2D eigenvalue weighted by Gasteiger charge is 2.30. The van der Waals surface area contributed by atoms with Crippen LogP contribution in [-0.2, 0) is 0 Å². The predicted octanol–water partition coefficient (Wildman–Crippen LogP) is 2.05. The van der Waals surface area contributed by atoms with E-state index in [1.807, 2.05) is 29.2 Å². The third kappa shape index (κ3) is 2.86. The Morgan fingerprint density at radius 1 is 1.39 bits per heavy atom. The van der Waals surface area contributed by atoms with Crippen LogP contribution in [0.5, 0.6) is 0 Å². The summed E-state index contributed by atoms with van der Waals surface area (Å²) < 4.78 is 5.31. The van der Waals surface area contributed by atoms with Gasteiger partial charge < -0.3 is 14.7 Å². The molecule has 1 N–H and O–H groups in total. The first-order valence-electron chi connectivity index (χ1n) is 8.18. The summed E-state index contributed by atoms with van der Waals surface area (Å²) in [6.07, 6.45) is 2.25. The Bertz CT molecular complexity index is 723. The van der Waals surface area contributed by atoms with E-state index in [1.54, 1.807) is 0 Å². The van der Waals surface area contributed by atoms with Gasteiger partial charge in [0.1, 0.15) is 0 Å². The van der Waals surface area contributed by atoms with Gasteiger partial charge in [0.25, 0.3) is 5.91 Å². The second-order valence-corrected chi connectivity index (χ2v) is 6.36. The van der Waals surface area contributed by atoms with Crippen molar-refractivity contribution in [3.05, 3.63) is 35.7 Å². The number of aromatic nitrogens is 2. The molecular weight excluding hydrogens is 292 g/mol. The maximum Gasteiger partial charge on any atom is 0.254 e. The van der Waals surface area contributed by atoms with Crippen molar-refractivity contribution < 1.29 is 9.32 Å². The van der Waals surface area contributed by atoms with E-state index in [4.69, 9.17) is 4.52 Å². The molecule has 4 rings (SSSR count). The Morgan fingerprint density at radius 3 is 3.04 bits per heavy atom. The van der Waals surface area contributed by atoms with Gasteiger partial charge in [0, 0.05) is 42.7 Å². The van der Waals surface area contributed by atoms with Gasteiger partial charge >= 0.3 is 0 Å². The molecule has 1 atom stereocenters. The van der Waals surface area contributed by atoms with E-state index in [-0.39, 0.29) is 11.9 Å². The quantitative estimate of drug-likeness (QED) is 0.939. The number of carbonyl (C=O) groups is 1. The number of piperazine rings is 1. The monoisotopic (exact) mass is 312 g/mol. The summed E-state index contributed by atoms with van der Waals surface area (Å²) in [7, 11) is 0. The van der Waals surface area contributed by atoms with Crippen LogP contribution in [0.3, 0.4) is 0 Å². The number of hydrogen-bond donors (Lipinski definition) is 1. The molecule has 1 aliphatic heterocycles. The van der Waals surface area contributed by atoms with Gasteiger partial charge in [-0.25, -0.2) is 0 Å². The molecular formula is C17H20N4O2. The lowest BCUT2D eigenvalue weighted by molar-refractivity contribution is 0.0656. The van der Waals surface area contributed by atoms with Crippen molar-refractivity contribution in [3.63, 3.8) is 0 Å². The largest absolute Gasteiger partial charge is 0.339 e. The zero-order chi connectivity index (χ0) is 15.8. The highest BCUT2D eigenvalue weighted by Crippen LogP contribution is 2.39. The second-order valence-electron chi connectivity index (χ2n) is 6.36. The molecule has 0 spiro atoms. The topological polar surface area (TPSA) is 71.3 Å². The number of amides is 1. The van der Waals surface area contributed by atoms with Gasteiger partial charge in [-0.2, -0.15) is 4.98 Å². The number of nitrogens with one attached hydrogen (secondary N) is 1. The van der Waals surface area contributed by atoms with E-state index in [0.29, 0.717) is 23.2 Å². The van der Waals surface area contributed by atoms with Gasteiger partial charge in [0.15, 0.2) is 0 Å². The van der Waals surface area contributed by atoms with Crippen molar-refractivity contribution >= 4 is 5.91 Å². The highest BCUT2D eigenvalue weighted by atomic mass is 16.5. The zero-order valence-corrected chi connectivity index (χ0v) is 13.2. The summed E-state index contributed by atoms with van der Waals surface area (Å²) >= 11 is 0. The lowest BCUT2D eigenvalue weighted by atomic mass is 10.1. The summed E-state index contributed by atoms with van der Waals surface area (Å²) in [4.78, 5) is 19.1. The summed E-state index contributed by atoms with van der Waals surface area (Å²) in [5.74, 6) is 1.77. The molecule has 1 amide bonds. The van der Waals surface area contributed by atoms with Crippen LogP contribution in [0.25, 0.3) is 11.4 Å². The summed E-state index contributed by atoms with van der Waals surface area (Å²) in [5.41, 5.74) is 1.50. The lowest BCUT2D eigenvalue weighted by Crippen LogP contribution is -2.52. The fourth-order valence-electron chi connectivity index (χ4n) is 2.95. The molecule has 0 unspecified atom stereocenters. The van der Waals surface area contributed by atoms with Crippen LogP contribution in [-0.4, -0.2) is 46.6 Å². The minimum Gasteiger partial charge on any atom is -0.339 e. The van der Waals surface area contributed by atoms with Crippen molar-refractivity contribution in [3.8, 4) is 11.4 Å². The highest BCUT2D eigenvalue weighted by molar-refractivity contribution is 5.95. The molecule has 6 nitrogen and oxygen atoms in total. The Hall–Kier alpha value is -2.21. The van der Waals surface area contributed by atoms with Crippen LogP contribution < -0.4 is 5.32 Å². The lowest BCUT2D eigenvalue weighted by Gasteiger charge is -2.34. The third-order valence-electron chi connectivity index (χ3n) is 4.50. The van der Waals surface area contributed by atoms with Crippen LogP contribution in [0, 0.1) is 0 Å². The Morgan fingerprint density at radius 2 is 2.26 bits per heavy atom. The number of nitrogens with zero attached hydrogens (tertiary/aromatic N) is 3. The molecule has 0 radical (unpaired) electrons. The van der Waals surface area contributed by atoms with Crippen molar-refractivity contribution in [2.45, 2.75) is 31.7 Å². The molecule has 1 aliphatic carbocycles. The average Bonchev–Trinajstić information content (AvgIpc) is 3.32. The molecule has 23 heavy (non-hydrogen) atoms. The normalized spacial score (nSPS) is 21.4. The zero-order valence-electron chi connectivity index (χ0n) is 13.2. The van der Waals surface area contributed by atoms with E-state index in [2.05, 4.69) is 22.4 Å².